The molecule has 3 aromatic rings. The normalized spacial score (nSPS) is 20.4. The molecule has 2 aliphatic rings. The molecule has 1 aromatic heterocycles. The Labute approximate surface area is 217 Å². The SMILES string of the molecule is COCCOC(=O)N1CCc2c([nH]c3ccc(Cl)cc23)C1c1ccc(OCC2CCCN(C)C2)cc1. The van der Waals surface area contributed by atoms with Crippen molar-refractivity contribution < 1.29 is 19.0 Å². The molecule has 192 valence electrons. The van der Waals surface area contributed by atoms with E-state index in [9.17, 15) is 4.79 Å². The van der Waals surface area contributed by atoms with E-state index in [1.54, 1.807) is 12.0 Å². The summed E-state index contributed by atoms with van der Waals surface area (Å²) in [6.07, 6.45) is 2.81. The van der Waals surface area contributed by atoms with Gasteiger partial charge in [-0.25, -0.2) is 4.79 Å². The number of halogens is 1. The van der Waals surface area contributed by atoms with Crippen LogP contribution in [-0.4, -0.2) is 74.5 Å². The van der Waals surface area contributed by atoms with Crippen molar-refractivity contribution in [2.75, 3.05) is 53.6 Å². The molecule has 0 spiro atoms. The molecule has 36 heavy (non-hydrogen) atoms. The highest BCUT2D eigenvalue weighted by Crippen LogP contribution is 2.39. The summed E-state index contributed by atoms with van der Waals surface area (Å²) in [7, 11) is 3.76. The van der Waals surface area contributed by atoms with E-state index in [4.69, 9.17) is 25.8 Å². The third-order valence-electron chi connectivity index (χ3n) is 7.24. The number of benzene rings is 2. The number of nitrogens with zero attached hydrogens (tertiary/aromatic N) is 2. The molecule has 1 N–H and O–H groups in total. The highest BCUT2D eigenvalue weighted by Gasteiger charge is 2.35. The molecule has 7 nitrogen and oxygen atoms in total. The van der Waals surface area contributed by atoms with Crippen LogP contribution >= 0.6 is 11.6 Å². The lowest BCUT2D eigenvalue weighted by Gasteiger charge is -2.35. The minimum Gasteiger partial charge on any atom is -0.493 e. The van der Waals surface area contributed by atoms with Gasteiger partial charge in [-0.2, -0.15) is 0 Å². The zero-order valence-corrected chi connectivity index (χ0v) is 21.7. The fraction of sp³-hybridized carbons (Fsp3) is 0.464. The molecule has 5 rings (SSSR count). The summed E-state index contributed by atoms with van der Waals surface area (Å²) in [6.45, 7) is 4.10. The number of carbonyl (C=O) groups is 1. The molecule has 0 saturated carbocycles. The molecule has 2 aromatic carbocycles. The van der Waals surface area contributed by atoms with Crippen LogP contribution in [0, 0.1) is 5.92 Å². The predicted octanol–water partition coefficient (Wildman–Crippen LogP) is 5.27. The van der Waals surface area contributed by atoms with E-state index in [2.05, 4.69) is 29.1 Å². The van der Waals surface area contributed by atoms with Gasteiger partial charge in [-0.1, -0.05) is 23.7 Å². The van der Waals surface area contributed by atoms with Crippen LogP contribution < -0.4 is 4.74 Å². The zero-order valence-electron chi connectivity index (χ0n) is 21.0. The molecule has 1 amide bonds. The Morgan fingerprint density at radius 1 is 1.14 bits per heavy atom. The van der Waals surface area contributed by atoms with Gasteiger partial charge in [-0.15, -0.1) is 0 Å². The van der Waals surface area contributed by atoms with Gasteiger partial charge in [0, 0.05) is 47.7 Å². The van der Waals surface area contributed by atoms with Crippen molar-refractivity contribution in [1.82, 2.24) is 14.8 Å². The summed E-state index contributed by atoms with van der Waals surface area (Å²) in [5, 5.41) is 1.81. The van der Waals surface area contributed by atoms with Crippen molar-refractivity contribution in [3.63, 3.8) is 0 Å². The van der Waals surface area contributed by atoms with Crippen LogP contribution in [0.4, 0.5) is 4.79 Å². The number of likely N-dealkylation sites (tertiary alicyclic amines) is 1. The molecule has 2 aliphatic heterocycles. The summed E-state index contributed by atoms with van der Waals surface area (Å²) in [5.41, 5.74) is 4.21. The Hall–Kier alpha value is -2.74. The van der Waals surface area contributed by atoms with Crippen molar-refractivity contribution in [1.29, 1.82) is 0 Å². The number of carbonyl (C=O) groups excluding carboxylic acids is 1. The number of aromatic nitrogens is 1. The van der Waals surface area contributed by atoms with Crippen LogP contribution in [0.2, 0.25) is 5.02 Å². The molecular weight excluding hydrogens is 478 g/mol. The summed E-state index contributed by atoms with van der Waals surface area (Å²) < 4.78 is 16.7. The van der Waals surface area contributed by atoms with Gasteiger partial charge >= 0.3 is 6.09 Å². The van der Waals surface area contributed by atoms with Crippen molar-refractivity contribution in [2.45, 2.75) is 25.3 Å². The van der Waals surface area contributed by atoms with Crippen molar-refractivity contribution >= 4 is 28.6 Å². The molecule has 3 heterocycles. The fourth-order valence-corrected chi connectivity index (χ4v) is 5.64. The minimum atomic E-state index is -0.346. The monoisotopic (exact) mass is 511 g/mol. The van der Waals surface area contributed by atoms with Gasteiger partial charge in [0.1, 0.15) is 18.4 Å². The maximum absolute atomic E-state index is 13.1. The lowest BCUT2D eigenvalue weighted by molar-refractivity contribution is 0.0629. The fourth-order valence-electron chi connectivity index (χ4n) is 5.47. The first-order valence-electron chi connectivity index (χ1n) is 12.7. The number of methoxy groups -OCH3 is 1. The van der Waals surface area contributed by atoms with Crippen LogP contribution in [0.5, 0.6) is 5.75 Å². The Bertz CT molecular complexity index is 1200. The average Bonchev–Trinajstić information content (AvgIpc) is 3.25. The largest absolute Gasteiger partial charge is 0.493 e. The number of aromatic amines is 1. The first-order chi connectivity index (χ1) is 17.5. The number of amides is 1. The third kappa shape index (κ3) is 5.33. The number of piperidine rings is 1. The van der Waals surface area contributed by atoms with E-state index in [1.807, 2.05) is 30.3 Å². The highest BCUT2D eigenvalue weighted by molar-refractivity contribution is 6.31. The average molecular weight is 512 g/mol. The maximum atomic E-state index is 13.1. The molecule has 1 saturated heterocycles. The second-order valence-corrected chi connectivity index (χ2v) is 10.2. The quantitative estimate of drug-likeness (QED) is 0.437. The minimum absolute atomic E-state index is 0.219. The maximum Gasteiger partial charge on any atom is 0.410 e. The smallest absolute Gasteiger partial charge is 0.410 e. The Balaban J connectivity index is 1.40. The van der Waals surface area contributed by atoms with Crippen LogP contribution in [0.3, 0.4) is 0 Å². The van der Waals surface area contributed by atoms with E-state index >= 15 is 0 Å². The zero-order chi connectivity index (χ0) is 25.1. The summed E-state index contributed by atoms with van der Waals surface area (Å²) in [4.78, 5) is 20.8. The first kappa shape index (κ1) is 24.9. The predicted molar refractivity (Wildman–Crippen MR) is 141 cm³/mol. The van der Waals surface area contributed by atoms with E-state index in [0.717, 1.165) is 47.5 Å². The highest BCUT2D eigenvalue weighted by atomic mass is 35.5. The second-order valence-electron chi connectivity index (χ2n) is 9.81. The summed E-state index contributed by atoms with van der Waals surface area (Å²) >= 11 is 6.31. The molecule has 1 fully saturated rings. The number of fused-ring (bicyclic) bond motifs is 3. The molecule has 0 radical (unpaired) electrons. The molecule has 0 bridgehead atoms. The first-order valence-corrected chi connectivity index (χ1v) is 13.0. The molecule has 8 heteroatoms. The third-order valence-corrected chi connectivity index (χ3v) is 7.48. The Morgan fingerprint density at radius 3 is 2.75 bits per heavy atom. The van der Waals surface area contributed by atoms with Crippen LogP contribution in [-0.2, 0) is 15.9 Å². The van der Waals surface area contributed by atoms with Crippen LogP contribution in [0.25, 0.3) is 10.9 Å². The van der Waals surface area contributed by atoms with E-state index in [-0.39, 0.29) is 18.7 Å². The lowest BCUT2D eigenvalue weighted by Crippen LogP contribution is -2.41. The lowest BCUT2D eigenvalue weighted by atomic mass is 9.92. The van der Waals surface area contributed by atoms with Gasteiger partial charge < -0.3 is 24.1 Å². The molecule has 0 aliphatic carbocycles. The Kier molecular flexibility index (Phi) is 7.70. The van der Waals surface area contributed by atoms with Gasteiger partial charge in [0.2, 0.25) is 0 Å². The van der Waals surface area contributed by atoms with Gasteiger partial charge in [-0.3, -0.25) is 4.90 Å². The van der Waals surface area contributed by atoms with Crippen LogP contribution in [0.15, 0.2) is 42.5 Å². The number of ether oxygens (including phenoxy) is 3. The van der Waals surface area contributed by atoms with E-state index < -0.39 is 0 Å². The number of rotatable bonds is 7. The molecule has 2 unspecified atom stereocenters. The number of hydrogen-bond acceptors (Lipinski definition) is 5. The van der Waals surface area contributed by atoms with Crippen molar-refractivity contribution in [3.05, 3.63) is 64.3 Å². The summed E-state index contributed by atoms with van der Waals surface area (Å²) in [6, 6.07) is 13.7. The number of H-pyrrole nitrogens is 1. The standard InChI is InChI=1S/C28H34ClN3O4/c1-31-12-3-4-19(17-31)18-36-22-8-5-20(6-9-22)27-26-23(24-16-21(29)7-10-25(24)30-26)11-13-32(27)28(33)35-15-14-34-2/h5-10,16,19,27,30H,3-4,11-15,17-18H2,1-2H3. The number of hydrogen-bond donors (Lipinski definition) is 1. The molecule has 2 atom stereocenters. The van der Waals surface area contributed by atoms with Crippen LogP contribution in [0.1, 0.15) is 35.7 Å². The van der Waals surface area contributed by atoms with Gasteiger partial charge in [0.05, 0.1) is 13.2 Å². The van der Waals surface area contributed by atoms with Gasteiger partial charge in [-0.05, 0) is 74.3 Å². The molecular formula is C28H34ClN3O4. The van der Waals surface area contributed by atoms with E-state index in [1.165, 1.54) is 24.9 Å². The summed E-state index contributed by atoms with van der Waals surface area (Å²) in [5.74, 6) is 1.40. The van der Waals surface area contributed by atoms with Crippen molar-refractivity contribution in [3.8, 4) is 5.75 Å². The number of nitrogens with one attached hydrogen (secondary N) is 1. The topological polar surface area (TPSA) is 67.0 Å². The Morgan fingerprint density at radius 2 is 1.97 bits per heavy atom. The van der Waals surface area contributed by atoms with Gasteiger partial charge in [0.15, 0.2) is 0 Å². The van der Waals surface area contributed by atoms with Crippen molar-refractivity contribution in [2.24, 2.45) is 5.92 Å². The van der Waals surface area contributed by atoms with E-state index in [0.29, 0.717) is 24.1 Å². The van der Waals surface area contributed by atoms with Gasteiger partial charge in [0.25, 0.3) is 0 Å². The second kappa shape index (κ2) is 11.1.